The first-order valence-electron chi connectivity index (χ1n) is 6.22. The molecule has 1 saturated heterocycles. The van der Waals surface area contributed by atoms with Gasteiger partial charge in [-0.2, -0.15) is 0 Å². The summed E-state index contributed by atoms with van der Waals surface area (Å²) in [4.78, 5) is 14.4. The zero-order chi connectivity index (χ0) is 13.8. The summed E-state index contributed by atoms with van der Waals surface area (Å²) in [6, 6.07) is 4.92. The van der Waals surface area contributed by atoms with E-state index in [4.69, 9.17) is 23.2 Å². The van der Waals surface area contributed by atoms with Crippen molar-refractivity contribution in [1.29, 1.82) is 0 Å². The fraction of sp³-hybridized carbons (Fsp3) is 0.357. The number of nitrogens with zero attached hydrogens (tertiary/aromatic N) is 1. The van der Waals surface area contributed by atoms with Gasteiger partial charge in [0.1, 0.15) is 0 Å². The van der Waals surface area contributed by atoms with E-state index in [1.54, 1.807) is 18.2 Å². The Balaban J connectivity index is 2.05. The minimum atomic E-state index is -0.101. The maximum atomic E-state index is 12.2. The summed E-state index contributed by atoms with van der Waals surface area (Å²) in [6.45, 7) is 5.38. The van der Waals surface area contributed by atoms with E-state index >= 15 is 0 Å². The number of nitrogens with one attached hydrogen (secondary N) is 1. The molecule has 1 unspecified atom stereocenters. The SMILES string of the molecule is C=CCN1CCCC1C(=O)Nc1cc(Cl)cc(Cl)c1. The standard InChI is InChI=1S/C14H16Cl2N2O/c1-2-5-18-6-3-4-13(18)14(19)17-12-8-10(15)7-11(16)9-12/h2,7-9,13H,1,3-6H2,(H,17,19). The molecule has 1 fully saturated rings. The first-order valence-corrected chi connectivity index (χ1v) is 6.97. The molecule has 0 radical (unpaired) electrons. The number of carbonyl (C=O) groups excluding carboxylic acids is 1. The predicted octanol–water partition coefficient (Wildman–Crippen LogP) is 3.58. The molecule has 1 amide bonds. The molecule has 0 spiro atoms. The topological polar surface area (TPSA) is 32.3 Å². The Hall–Kier alpha value is -1.03. The van der Waals surface area contributed by atoms with Gasteiger partial charge in [-0.3, -0.25) is 9.69 Å². The van der Waals surface area contributed by atoms with Crippen molar-refractivity contribution in [2.24, 2.45) is 0 Å². The Kier molecular flexibility index (Phi) is 4.86. The highest BCUT2D eigenvalue weighted by Crippen LogP contribution is 2.24. The molecule has 1 aliphatic rings. The van der Waals surface area contributed by atoms with Crippen molar-refractivity contribution < 1.29 is 4.79 Å². The molecule has 19 heavy (non-hydrogen) atoms. The van der Waals surface area contributed by atoms with E-state index in [9.17, 15) is 4.79 Å². The number of benzene rings is 1. The average molecular weight is 299 g/mol. The fourth-order valence-electron chi connectivity index (χ4n) is 2.36. The molecule has 1 atom stereocenters. The van der Waals surface area contributed by atoms with Gasteiger partial charge < -0.3 is 5.32 Å². The van der Waals surface area contributed by atoms with Gasteiger partial charge in [0, 0.05) is 22.3 Å². The molecule has 1 aromatic carbocycles. The van der Waals surface area contributed by atoms with Crippen molar-refractivity contribution in [2.45, 2.75) is 18.9 Å². The summed E-state index contributed by atoms with van der Waals surface area (Å²) < 4.78 is 0. The normalized spacial score (nSPS) is 19.4. The second-order valence-corrected chi connectivity index (χ2v) is 5.46. The van der Waals surface area contributed by atoms with Crippen molar-refractivity contribution in [3.05, 3.63) is 40.9 Å². The van der Waals surface area contributed by atoms with E-state index in [0.717, 1.165) is 25.9 Å². The van der Waals surface area contributed by atoms with Gasteiger partial charge in [-0.05, 0) is 37.6 Å². The third kappa shape index (κ3) is 3.72. The molecule has 1 N–H and O–H groups in total. The lowest BCUT2D eigenvalue weighted by atomic mass is 10.2. The van der Waals surface area contributed by atoms with Gasteiger partial charge in [0.2, 0.25) is 5.91 Å². The van der Waals surface area contributed by atoms with E-state index in [2.05, 4.69) is 16.8 Å². The van der Waals surface area contributed by atoms with Crippen LogP contribution in [0.5, 0.6) is 0 Å². The van der Waals surface area contributed by atoms with Gasteiger partial charge >= 0.3 is 0 Å². The Morgan fingerprint density at radius 2 is 2.11 bits per heavy atom. The number of hydrogen-bond acceptors (Lipinski definition) is 2. The largest absolute Gasteiger partial charge is 0.325 e. The number of halogens is 2. The maximum Gasteiger partial charge on any atom is 0.241 e. The third-order valence-electron chi connectivity index (χ3n) is 3.16. The molecule has 0 bridgehead atoms. The lowest BCUT2D eigenvalue weighted by Gasteiger charge is -2.22. The lowest BCUT2D eigenvalue weighted by molar-refractivity contribution is -0.120. The number of hydrogen-bond donors (Lipinski definition) is 1. The molecule has 3 nitrogen and oxygen atoms in total. The summed E-state index contributed by atoms with van der Waals surface area (Å²) in [7, 11) is 0. The quantitative estimate of drug-likeness (QED) is 0.862. The average Bonchev–Trinajstić information content (AvgIpc) is 2.76. The maximum absolute atomic E-state index is 12.2. The Labute approximate surface area is 123 Å². The van der Waals surface area contributed by atoms with Gasteiger partial charge in [-0.1, -0.05) is 29.3 Å². The predicted molar refractivity (Wildman–Crippen MR) is 79.9 cm³/mol. The highest BCUT2D eigenvalue weighted by Gasteiger charge is 2.29. The molecule has 1 aromatic rings. The molecular weight excluding hydrogens is 283 g/mol. The van der Waals surface area contributed by atoms with Crippen LogP contribution in [0.2, 0.25) is 10.0 Å². The second kappa shape index (κ2) is 6.42. The van der Waals surface area contributed by atoms with Gasteiger partial charge in [-0.15, -0.1) is 6.58 Å². The number of likely N-dealkylation sites (tertiary alicyclic amines) is 1. The van der Waals surface area contributed by atoms with Crippen molar-refractivity contribution >= 4 is 34.8 Å². The molecule has 2 rings (SSSR count). The van der Waals surface area contributed by atoms with Crippen LogP contribution in [0, 0.1) is 0 Å². The van der Waals surface area contributed by atoms with Crippen LogP contribution in [0.3, 0.4) is 0 Å². The van der Waals surface area contributed by atoms with Gasteiger partial charge in [0.15, 0.2) is 0 Å². The van der Waals surface area contributed by atoms with E-state index in [1.807, 2.05) is 6.08 Å². The smallest absolute Gasteiger partial charge is 0.241 e. The highest BCUT2D eigenvalue weighted by atomic mass is 35.5. The van der Waals surface area contributed by atoms with Crippen molar-refractivity contribution in [3.63, 3.8) is 0 Å². The Morgan fingerprint density at radius 3 is 2.74 bits per heavy atom. The summed E-state index contributed by atoms with van der Waals surface area (Å²) in [5.41, 5.74) is 0.632. The van der Waals surface area contributed by atoms with Crippen LogP contribution in [0.1, 0.15) is 12.8 Å². The van der Waals surface area contributed by atoms with Gasteiger partial charge in [0.05, 0.1) is 6.04 Å². The monoisotopic (exact) mass is 298 g/mol. The minimum absolute atomic E-state index is 0.0160. The second-order valence-electron chi connectivity index (χ2n) is 4.59. The van der Waals surface area contributed by atoms with Crippen LogP contribution in [0.15, 0.2) is 30.9 Å². The van der Waals surface area contributed by atoms with E-state index < -0.39 is 0 Å². The van der Waals surface area contributed by atoms with Crippen LogP contribution in [-0.4, -0.2) is 29.9 Å². The lowest BCUT2D eigenvalue weighted by Crippen LogP contribution is -2.39. The van der Waals surface area contributed by atoms with Gasteiger partial charge in [-0.25, -0.2) is 0 Å². The first kappa shape index (κ1) is 14.4. The van der Waals surface area contributed by atoms with Gasteiger partial charge in [0.25, 0.3) is 0 Å². The number of carbonyl (C=O) groups is 1. The number of amides is 1. The summed E-state index contributed by atoms with van der Waals surface area (Å²) in [5.74, 6) is -0.0160. The molecule has 0 aliphatic carbocycles. The zero-order valence-electron chi connectivity index (χ0n) is 10.5. The first-order chi connectivity index (χ1) is 9.10. The van der Waals surface area contributed by atoms with Crippen LogP contribution >= 0.6 is 23.2 Å². The molecule has 102 valence electrons. The molecular formula is C14H16Cl2N2O. The molecule has 5 heteroatoms. The summed E-state index contributed by atoms with van der Waals surface area (Å²) in [6.07, 6.45) is 3.72. The van der Waals surface area contributed by atoms with E-state index in [1.165, 1.54) is 0 Å². The molecule has 1 heterocycles. The van der Waals surface area contributed by atoms with Crippen molar-refractivity contribution in [1.82, 2.24) is 4.90 Å². The molecule has 1 aliphatic heterocycles. The highest BCUT2D eigenvalue weighted by molar-refractivity contribution is 6.35. The number of rotatable bonds is 4. The van der Waals surface area contributed by atoms with Crippen LogP contribution in [0.25, 0.3) is 0 Å². The minimum Gasteiger partial charge on any atom is -0.325 e. The van der Waals surface area contributed by atoms with Crippen LogP contribution < -0.4 is 5.32 Å². The summed E-state index contributed by atoms with van der Waals surface area (Å²) in [5, 5.41) is 3.89. The van der Waals surface area contributed by atoms with Crippen LogP contribution in [-0.2, 0) is 4.79 Å². The van der Waals surface area contributed by atoms with Crippen molar-refractivity contribution in [2.75, 3.05) is 18.4 Å². The molecule has 0 saturated carbocycles. The Bertz CT molecular complexity index is 470. The fourth-order valence-corrected chi connectivity index (χ4v) is 2.89. The zero-order valence-corrected chi connectivity index (χ0v) is 12.0. The summed E-state index contributed by atoms with van der Waals surface area (Å²) >= 11 is 11.8. The molecule has 0 aromatic heterocycles. The van der Waals surface area contributed by atoms with E-state index in [-0.39, 0.29) is 11.9 Å². The van der Waals surface area contributed by atoms with E-state index in [0.29, 0.717) is 15.7 Å². The van der Waals surface area contributed by atoms with Crippen LogP contribution in [0.4, 0.5) is 5.69 Å². The van der Waals surface area contributed by atoms with Crippen molar-refractivity contribution in [3.8, 4) is 0 Å². The number of anilines is 1. The Morgan fingerprint density at radius 1 is 1.42 bits per heavy atom. The third-order valence-corrected chi connectivity index (χ3v) is 3.60.